The summed E-state index contributed by atoms with van der Waals surface area (Å²) in [5, 5.41) is 3.40. The highest BCUT2D eigenvalue weighted by Crippen LogP contribution is 2.17. The van der Waals surface area contributed by atoms with Gasteiger partial charge in [-0.3, -0.25) is 4.79 Å². The third kappa shape index (κ3) is 3.42. The zero-order valence-corrected chi connectivity index (χ0v) is 10.3. The highest BCUT2D eigenvalue weighted by atomic mass is 35.5. The van der Waals surface area contributed by atoms with Gasteiger partial charge in [0.25, 0.3) is 5.91 Å². The molecule has 0 aliphatic rings. The van der Waals surface area contributed by atoms with Gasteiger partial charge >= 0.3 is 0 Å². The number of benzene rings is 1. The van der Waals surface area contributed by atoms with E-state index >= 15 is 0 Å². The average Bonchev–Trinajstić information content (AvgIpc) is 2.21. The van der Waals surface area contributed by atoms with Crippen LogP contribution in [0, 0.1) is 0 Å². The Bertz CT molecular complexity index is 379. The molecule has 0 aliphatic heterocycles. The van der Waals surface area contributed by atoms with E-state index in [2.05, 4.69) is 12.2 Å². The maximum Gasteiger partial charge on any atom is 0.253 e. The lowest BCUT2D eigenvalue weighted by molar-refractivity contribution is 0.0939. The Morgan fingerprint density at radius 2 is 2.25 bits per heavy atom. The van der Waals surface area contributed by atoms with E-state index in [1.807, 2.05) is 6.92 Å². The largest absolute Gasteiger partial charge is 0.398 e. The second-order valence-electron chi connectivity index (χ2n) is 3.89. The van der Waals surface area contributed by atoms with E-state index in [0.29, 0.717) is 16.3 Å². The van der Waals surface area contributed by atoms with Crippen molar-refractivity contribution >= 4 is 23.2 Å². The smallest absolute Gasteiger partial charge is 0.253 e. The summed E-state index contributed by atoms with van der Waals surface area (Å²) < 4.78 is 0. The number of hydrogen-bond acceptors (Lipinski definition) is 2. The highest BCUT2D eigenvalue weighted by Gasteiger charge is 2.12. The van der Waals surface area contributed by atoms with Crippen molar-refractivity contribution in [1.82, 2.24) is 5.32 Å². The molecule has 0 fully saturated rings. The molecule has 3 N–H and O–H groups in total. The summed E-state index contributed by atoms with van der Waals surface area (Å²) in [4.78, 5) is 11.9. The van der Waals surface area contributed by atoms with Crippen LogP contribution in [0.5, 0.6) is 0 Å². The van der Waals surface area contributed by atoms with Gasteiger partial charge in [0.15, 0.2) is 0 Å². The lowest BCUT2D eigenvalue weighted by Crippen LogP contribution is -2.32. The second-order valence-corrected chi connectivity index (χ2v) is 4.33. The SMILES string of the molecule is CCCC(C)NC(=O)c1cc(Cl)ccc1N. The van der Waals surface area contributed by atoms with Gasteiger partial charge in [-0.25, -0.2) is 0 Å². The minimum atomic E-state index is -0.166. The van der Waals surface area contributed by atoms with Crippen LogP contribution in [0.3, 0.4) is 0 Å². The molecule has 4 heteroatoms. The molecule has 0 spiro atoms. The molecule has 1 rings (SSSR count). The molecule has 0 aliphatic carbocycles. The lowest BCUT2D eigenvalue weighted by Gasteiger charge is -2.13. The Morgan fingerprint density at radius 1 is 1.56 bits per heavy atom. The standard InChI is InChI=1S/C12H17ClN2O/c1-3-4-8(2)15-12(16)10-7-9(13)5-6-11(10)14/h5-8H,3-4,14H2,1-2H3,(H,15,16). The van der Waals surface area contributed by atoms with Crippen LogP contribution < -0.4 is 11.1 Å². The molecule has 1 atom stereocenters. The third-order valence-electron chi connectivity index (χ3n) is 2.36. The number of amides is 1. The lowest BCUT2D eigenvalue weighted by atomic mass is 10.1. The minimum Gasteiger partial charge on any atom is -0.398 e. The highest BCUT2D eigenvalue weighted by molar-refractivity contribution is 6.31. The van der Waals surface area contributed by atoms with Crippen LogP contribution in [0.25, 0.3) is 0 Å². The zero-order chi connectivity index (χ0) is 12.1. The molecule has 0 saturated carbocycles. The van der Waals surface area contributed by atoms with Crippen LogP contribution in [0.4, 0.5) is 5.69 Å². The fourth-order valence-electron chi connectivity index (χ4n) is 1.53. The van der Waals surface area contributed by atoms with Crippen molar-refractivity contribution in [2.45, 2.75) is 32.7 Å². The van der Waals surface area contributed by atoms with Crippen LogP contribution in [-0.4, -0.2) is 11.9 Å². The predicted octanol–water partition coefficient (Wildman–Crippen LogP) is 2.84. The van der Waals surface area contributed by atoms with E-state index in [1.54, 1.807) is 18.2 Å². The van der Waals surface area contributed by atoms with E-state index < -0.39 is 0 Å². The van der Waals surface area contributed by atoms with Crippen molar-refractivity contribution in [3.63, 3.8) is 0 Å². The quantitative estimate of drug-likeness (QED) is 0.796. The number of rotatable bonds is 4. The van der Waals surface area contributed by atoms with Crippen LogP contribution in [0.15, 0.2) is 18.2 Å². The van der Waals surface area contributed by atoms with E-state index in [9.17, 15) is 4.79 Å². The van der Waals surface area contributed by atoms with Crippen molar-refractivity contribution in [3.05, 3.63) is 28.8 Å². The first-order chi connectivity index (χ1) is 7.54. The molecule has 0 bridgehead atoms. The fraction of sp³-hybridized carbons (Fsp3) is 0.417. The normalized spacial score (nSPS) is 12.2. The molecule has 3 nitrogen and oxygen atoms in total. The number of halogens is 1. The van der Waals surface area contributed by atoms with Crippen LogP contribution >= 0.6 is 11.6 Å². The Balaban J connectivity index is 2.76. The number of anilines is 1. The van der Waals surface area contributed by atoms with Gasteiger partial charge in [0.2, 0.25) is 0 Å². The number of carbonyl (C=O) groups is 1. The fourth-order valence-corrected chi connectivity index (χ4v) is 1.70. The molecular weight excluding hydrogens is 224 g/mol. The van der Waals surface area contributed by atoms with Crippen LogP contribution in [-0.2, 0) is 0 Å². The molecule has 1 unspecified atom stereocenters. The monoisotopic (exact) mass is 240 g/mol. The molecule has 1 amide bonds. The Morgan fingerprint density at radius 3 is 2.88 bits per heavy atom. The number of carbonyl (C=O) groups excluding carboxylic acids is 1. The van der Waals surface area contributed by atoms with Crippen molar-refractivity contribution in [2.75, 3.05) is 5.73 Å². The Labute approximate surface area is 101 Å². The maximum absolute atomic E-state index is 11.9. The zero-order valence-electron chi connectivity index (χ0n) is 9.59. The molecule has 0 heterocycles. The van der Waals surface area contributed by atoms with Gasteiger partial charge in [0.05, 0.1) is 5.56 Å². The van der Waals surface area contributed by atoms with E-state index in [1.165, 1.54) is 0 Å². The summed E-state index contributed by atoms with van der Waals surface area (Å²) in [6.07, 6.45) is 1.98. The Kier molecular flexibility index (Phi) is 4.62. The number of hydrogen-bond donors (Lipinski definition) is 2. The second kappa shape index (κ2) is 5.75. The van der Waals surface area contributed by atoms with Crippen LogP contribution in [0.2, 0.25) is 5.02 Å². The number of nitrogen functional groups attached to an aromatic ring is 1. The molecule has 0 saturated heterocycles. The third-order valence-corrected chi connectivity index (χ3v) is 2.59. The van der Waals surface area contributed by atoms with E-state index in [4.69, 9.17) is 17.3 Å². The average molecular weight is 241 g/mol. The van der Waals surface area contributed by atoms with Crippen molar-refractivity contribution in [2.24, 2.45) is 0 Å². The van der Waals surface area contributed by atoms with Gasteiger partial charge in [-0.2, -0.15) is 0 Å². The predicted molar refractivity (Wildman–Crippen MR) is 67.7 cm³/mol. The summed E-state index contributed by atoms with van der Waals surface area (Å²) in [6, 6.07) is 5.05. The van der Waals surface area contributed by atoms with Gasteiger partial charge in [-0.15, -0.1) is 0 Å². The molecule has 1 aromatic rings. The topological polar surface area (TPSA) is 55.1 Å². The summed E-state index contributed by atoms with van der Waals surface area (Å²) in [6.45, 7) is 4.05. The van der Waals surface area contributed by atoms with Crippen molar-refractivity contribution in [1.29, 1.82) is 0 Å². The first-order valence-electron chi connectivity index (χ1n) is 5.40. The molecule has 88 valence electrons. The summed E-state index contributed by atoms with van der Waals surface area (Å²) in [5.41, 5.74) is 6.61. The molecular formula is C12H17ClN2O. The van der Waals surface area contributed by atoms with E-state index in [0.717, 1.165) is 12.8 Å². The van der Waals surface area contributed by atoms with Crippen molar-refractivity contribution < 1.29 is 4.79 Å². The number of nitrogens with one attached hydrogen (secondary N) is 1. The van der Waals surface area contributed by atoms with Gasteiger partial charge in [-0.1, -0.05) is 24.9 Å². The Hall–Kier alpha value is -1.22. The van der Waals surface area contributed by atoms with Crippen LogP contribution in [0.1, 0.15) is 37.0 Å². The first-order valence-corrected chi connectivity index (χ1v) is 5.78. The molecule has 0 radical (unpaired) electrons. The maximum atomic E-state index is 11.9. The molecule has 0 aromatic heterocycles. The van der Waals surface area contributed by atoms with Gasteiger partial charge in [-0.05, 0) is 31.5 Å². The van der Waals surface area contributed by atoms with E-state index in [-0.39, 0.29) is 11.9 Å². The first kappa shape index (κ1) is 12.8. The van der Waals surface area contributed by atoms with Gasteiger partial charge in [0.1, 0.15) is 0 Å². The molecule has 16 heavy (non-hydrogen) atoms. The van der Waals surface area contributed by atoms with Crippen molar-refractivity contribution in [3.8, 4) is 0 Å². The summed E-state index contributed by atoms with van der Waals surface area (Å²) >= 11 is 5.82. The van der Waals surface area contributed by atoms with Gasteiger partial charge < -0.3 is 11.1 Å². The van der Waals surface area contributed by atoms with Gasteiger partial charge in [0, 0.05) is 16.8 Å². The minimum absolute atomic E-state index is 0.149. The summed E-state index contributed by atoms with van der Waals surface area (Å²) in [7, 11) is 0. The summed E-state index contributed by atoms with van der Waals surface area (Å²) in [5.74, 6) is -0.166. The number of nitrogens with two attached hydrogens (primary N) is 1. The molecule has 1 aromatic carbocycles.